The Balaban J connectivity index is 2.46. The van der Waals surface area contributed by atoms with Crippen molar-refractivity contribution in [1.29, 1.82) is 0 Å². The summed E-state index contributed by atoms with van der Waals surface area (Å²) < 4.78 is 0. The van der Waals surface area contributed by atoms with Crippen molar-refractivity contribution in [3.05, 3.63) is 29.6 Å². The first-order chi connectivity index (χ1) is 10.3. The molecule has 1 N–H and O–H groups in total. The van der Waals surface area contributed by atoms with Crippen LogP contribution in [0.4, 0.5) is 0 Å². The van der Waals surface area contributed by atoms with Gasteiger partial charge in [0.1, 0.15) is 0 Å². The molecule has 0 aliphatic rings. The van der Waals surface area contributed by atoms with E-state index in [1.165, 1.54) is 62.6 Å². The van der Waals surface area contributed by atoms with Crippen molar-refractivity contribution < 1.29 is 0 Å². The van der Waals surface area contributed by atoms with Crippen molar-refractivity contribution in [2.75, 3.05) is 0 Å². The maximum Gasteiger partial charge on any atom is 0.0573 e. The van der Waals surface area contributed by atoms with E-state index in [4.69, 9.17) is 0 Å². The van der Waals surface area contributed by atoms with Gasteiger partial charge in [-0.1, -0.05) is 65.4 Å². The molecule has 0 spiro atoms. The van der Waals surface area contributed by atoms with Gasteiger partial charge in [-0.3, -0.25) is 4.98 Å². The lowest BCUT2D eigenvalue weighted by Crippen LogP contribution is -2.29. The zero-order valence-corrected chi connectivity index (χ0v) is 14.3. The molecule has 2 nitrogen and oxygen atoms in total. The highest BCUT2D eigenvalue weighted by Crippen LogP contribution is 2.13. The zero-order chi connectivity index (χ0) is 15.3. The molecule has 1 rings (SSSR count). The molecule has 0 aliphatic carbocycles. The summed E-state index contributed by atoms with van der Waals surface area (Å²) in [4.78, 5) is 4.55. The average Bonchev–Trinajstić information content (AvgIpc) is 2.52. The second kappa shape index (κ2) is 11.7. The second-order valence-electron chi connectivity index (χ2n) is 6.03. The fourth-order valence-electron chi connectivity index (χ4n) is 2.82. The van der Waals surface area contributed by atoms with Gasteiger partial charge in [0, 0.05) is 18.8 Å². The standard InChI is InChI=1S/C19H34N2/c1-4-7-9-13-18(14-10-8-5-2)21-16-19-17(6-3)12-11-15-20-19/h11-12,15,18,21H,4-10,13-14,16H2,1-3H3. The third kappa shape index (κ3) is 7.61. The lowest BCUT2D eigenvalue weighted by Gasteiger charge is -2.19. The molecule has 2 heteroatoms. The van der Waals surface area contributed by atoms with E-state index in [9.17, 15) is 0 Å². The summed E-state index contributed by atoms with van der Waals surface area (Å²) in [5.41, 5.74) is 2.61. The molecule has 120 valence electrons. The van der Waals surface area contributed by atoms with E-state index in [1.54, 1.807) is 0 Å². The highest BCUT2D eigenvalue weighted by atomic mass is 14.9. The molecule has 0 unspecified atom stereocenters. The molecule has 0 radical (unpaired) electrons. The monoisotopic (exact) mass is 290 g/mol. The SMILES string of the molecule is CCCCCC(CCCCC)NCc1ncccc1CC. The van der Waals surface area contributed by atoms with Crippen molar-refractivity contribution in [3.63, 3.8) is 0 Å². The number of aromatic nitrogens is 1. The van der Waals surface area contributed by atoms with Gasteiger partial charge >= 0.3 is 0 Å². The Hall–Kier alpha value is -0.890. The Morgan fingerprint density at radius 3 is 2.24 bits per heavy atom. The number of pyridine rings is 1. The molecular formula is C19H34N2. The van der Waals surface area contributed by atoms with Gasteiger partial charge < -0.3 is 5.32 Å². The molecule has 1 heterocycles. The first kappa shape index (κ1) is 18.2. The Bertz CT molecular complexity index is 352. The quantitative estimate of drug-likeness (QED) is 0.531. The molecular weight excluding hydrogens is 256 g/mol. The number of unbranched alkanes of at least 4 members (excludes halogenated alkanes) is 4. The Morgan fingerprint density at radius 2 is 1.67 bits per heavy atom. The fraction of sp³-hybridized carbons (Fsp3) is 0.737. The first-order valence-electron chi connectivity index (χ1n) is 8.97. The molecule has 0 fully saturated rings. The van der Waals surface area contributed by atoms with Crippen LogP contribution in [0.2, 0.25) is 0 Å². The average molecular weight is 290 g/mol. The third-order valence-electron chi connectivity index (χ3n) is 4.24. The minimum absolute atomic E-state index is 0.662. The molecule has 0 atom stereocenters. The number of nitrogens with one attached hydrogen (secondary N) is 1. The van der Waals surface area contributed by atoms with E-state index in [1.807, 2.05) is 12.3 Å². The molecule has 0 amide bonds. The molecule has 0 bridgehead atoms. The van der Waals surface area contributed by atoms with Gasteiger partial charge in [0.2, 0.25) is 0 Å². The van der Waals surface area contributed by atoms with Crippen molar-refractivity contribution in [2.24, 2.45) is 0 Å². The normalized spacial score (nSPS) is 11.2. The van der Waals surface area contributed by atoms with Crippen LogP contribution in [0.3, 0.4) is 0 Å². The smallest absolute Gasteiger partial charge is 0.0573 e. The highest BCUT2D eigenvalue weighted by Gasteiger charge is 2.09. The first-order valence-corrected chi connectivity index (χ1v) is 8.97. The summed E-state index contributed by atoms with van der Waals surface area (Å²) >= 11 is 0. The van der Waals surface area contributed by atoms with E-state index in [2.05, 4.69) is 37.1 Å². The van der Waals surface area contributed by atoms with Crippen molar-refractivity contribution in [3.8, 4) is 0 Å². The Labute approximate surface area is 131 Å². The molecule has 1 aromatic rings. The highest BCUT2D eigenvalue weighted by molar-refractivity contribution is 5.19. The van der Waals surface area contributed by atoms with Crippen LogP contribution < -0.4 is 5.32 Å². The summed E-state index contributed by atoms with van der Waals surface area (Å²) in [6.45, 7) is 7.69. The largest absolute Gasteiger partial charge is 0.308 e. The molecule has 0 aromatic carbocycles. The van der Waals surface area contributed by atoms with E-state index in [-0.39, 0.29) is 0 Å². The van der Waals surface area contributed by atoms with Gasteiger partial charge in [0.15, 0.2) is 0 Å². The third-order valence-corrected chi connectivity index (χ3v) is 4.24. The number of aryl methyl sites for hydroxylation is 1. The molecule has 21 heavy (non-hydrogen) atoms. The van der Waals surface area contributed by atoms with Crippen LogP contribution in [-0.4, -0.2) is 11.0 Å². The summed E-state index contributed by atoms with van der Waals surface area (Å²) in [6.07, 6.45) is 13.6. The van der Waals surface area contributed by atoms with Gasteiger partial charge in [0.25, 0.3) is 0 Å². The summed E-state index contributed by atoms with van der Waals surface area (Å²) in [5.74, 6) is 0. The Morgan fingerprint density at radius 1 is 1.00 bits per heavy atom. The topological polar surface area (TPSA) is 24.9 Å². The van der Waals surface area contributed by atoms with Crippen LogP contribution in [-0.2, 0) is 13.0 Å². The number of hydrogen-bond acceptors (Lipinski definition) is 2. The van der Waals surface area contributed by atoms with Gasteiger partial charge in [-0.05, 0) is 30.9 Å². The Kier molecular flexibility index (Phi) is 10.1. The van der Waals surface area contributed by atoms with Gasteiger partial charge in [0.05, 0.1) is 5.69 Å². The summed E-state index contributed by atoms with van der Waals surface area (Å²) in [7, 11) is 0. The summed E-state index contributed by atoms with van der Waals surface area (Å²) in [6, 6.07) is 4.91. The number of nitrogens with zero attached hydrogens (tertiary/aromatic N) is 1. The lowest BCUT2D eigenvalue weighted by molar-refractivity contribution is 0.415. The summed E-state index contributed by atoms with van der Waals surface area (Å²) in [5, 5.41) is 3.77. The van der Waals surface area contributed by atoms with E-state index < -0.39 is 0 Å². The molecule has 0 aliphatic heterocycles. The number of rotatable bonds is 12. The van der Waals surface area contributed by atoms with E-state index in [0.717, 1.165) is 13.0 Å². The maximum atomic E-state index is 4.55. The molecule has 0 saturated carbocycles. The van der Waals surface area contributed by atoms with Crippen molar-refractivity contribution in [1.82, 2.24) is 10.3 Å². The van der Waals surface area contributed by atoms with E-state index >= 15 is 0 Å². The van der Waals surface area contributed by atoms with Crippen LogP contribution in [0.15, 0.2) is 18.3 Å². The second-order valence-corrected chi connectivity index (χ2v) is 6.03. The minimum Gasteiger partial charge on any atom is -0.308 e. The van der Waals surface area contributed by atoms with Crippen molar-refractivity contribution >= 4 is 0 Å². The predicted octanol–water partition coefficient (Wildman–Crippen LogP) is 5.26. The van der Waals surface area contributed by atoms with Crippen LogP contribution in [0, 0.1) is 0 Å². The van der Waals surface area contributed by atoms with Crippen LogP contribution >= 0.6 is 0 Å². The van der Waals surface area contributed by atoms with Gasteiger partial charge in [-0.2, -0.15) is 0 Å². The predicted molar refractivity (Wildman–Crippen MR) is 92.5 cm³/mol. The van der Waals surface area contributed by atoms with Gasteiger partial charge in [-0.25, -0.2) is 0 Å². The van der Waals surface area contributed by atoms with Crippen LogP contribution in [0.25, 0.3) is 0 Å². The van der Waals surface area contributed by atoms with Crippen LogP contribution in [0.1, 0.15) is 83.4 Å². The van der Waals surface area contributed by atoms with E-state index in [0.29, 0.717) is 6.04 Å². The zero-order valence-electron chi connectivity index (χ0n) is 14.3. The molecule has 1 aromatic heterocycles. The minimum atomic E-state index is 0.662. The maximum absolute atomic E-state index is 4.55. The number of hydrogen-bond donors (Lipinski definition) is 1. The van der Waals surface area contributed by atoms with Gasteiger partial charge in [-0.15, -0.1) is 0 Å². The lowest BCUT2D eigenvalue weighted by atomic mass is 10.0. The van der Waals surface area contributed by atoms with Crippen LogP contribution in [0.5, 0.6) is 0 Å². The van der Waals surface area contributed by atoms with Crippen molar-refractivity contribution in [2.45, 2.75) is 91.1 Å². The fourth-order valence-corrected chi connectivity index (χ4v) is 2.82. The molecule has 0 saturated heterocycles.